The monoisotopic (exact) mass is 404 g/mol. The lowest BCUT2D eigenvalue weighted by atomic mass is 10.2. The van der Waals surface area contributed by atoms with Gasteiger partial charge in [0, 0.05) is 17.2 Å². The highest BCUT2D eigenvalue weighted by atomic mass is 16.5. The van der Waals surface area contributed by atoms with Gasteiger partial charge < -0.3 is 14.2 Å². The van der Waals surface area contributed by atoms with Gasteiger partial charge in [-0.2, -0.15) is 5.10 Å². The molecule has 0 heterocycles. The van der Waals surface area contributed by atoms with Gasteiger partial charge in [0.2, 0.25) is 0 Å². The van der Waals surface area contributed by atoms with Crippen molar-refractivity contribution in [3.8, 4) is 17.2 Å². The molecule has 0 bridgehead atoms. The minimum absolute atomic E-state index is 0.316. The standard InChI is InChI=1S/C24H24N2O4/c1-17-4-6-18(7-5-17)16-30-21-11-8-19(9-12-21)24(27)26-25-15-20-10-13-22(28-2)14-23(20)29-3/h4-15H,16H2,1-3H3,(H,26,27)/b25-15-. The summed E-state index contributed by atoms with van der Waals surface area (Å²) in [4.78, 5) is 12.3. The molecule has 3 aromatic rings. The summed E-state index contributed by atoms with van der Waals surface area (Å²) in [5.41, 5.74) is 6.02. The summed E-state index contributed by atoms with van der Waals surface area (Å²) in [7, 11) is 3.15. The summed E-state index contributed by atoms with van der Waals surface area (Å²) in [5.74, 6) is 1.66. The van der Waals surface area contributed by atoms with Gasteiger partial charge in [-0.1, -0.05) is 29.8 Å². The Balaban J connectivity index is 1.55. The van der Waals surface area contributed by atoms with Crippen LogP contribution in [0.25, 0.3) is 0 Å². The highest BCUT2D eigenvalue weighted by Crippen LogP contribution is 2.23. The summed E-state index contributed by atoms with van der Waals surface area (Å²) in [5, 5.41) is 4.01. The molecule has 6 nitrogen and oxygen atoms in total. The van der Waals surface area contributed by atoms with E-state index in [0.29, 0.717) is 29.4 Å². The van der Waals surface area contributed by atoms with Crippen LogP contribution in [0.15, 0.2) is 71.8 Å². The van der Waals surface area contributed by atoms with E-state index >= 15 is 0 Å². The number of rotatable bonds is 8. The number of ether oxygens (including phenoxy) is 3. The molecular weight excluding hydrogens is 380 g/mol. The number of hydrazone groups is 1. The number of benzene rings is 3. The van der Waals surface area contributed by atoms with Crippen LogP contribution in [0.2, 0.25) is 0 Å². The summed E-state index contributed by atoms with van der Waals surface area (Å²) in [6, 6.07) is 20.4. The molecule has 0 saturated carbocycles. The minimum Gasteiger partial charge on any atom is -0.497 e. The second-order valence-corrected chi connectivity index (χ2v) is 6.61. The fraction of sp³-hybridized carbons (Fsp3) is 0.167. The first-order chi connectivity index (χ1) is 14.6. The third-order valence-electron chi connectivity index (χ3n) is 4.45. The van der Waals surface area contributed by atoms with Gasteiger partial charge in [-0.05, 0) is 48.9 Å². The maximum Gasteiger partial charge on any atom is 0.271 e. The van der Waals surface area contributed by atoms with Crippen LogP contribution in [0.5, 0.6) is 17.2 Å². The lowest BCUT2D eigenvalue weighted by Gasteiger charge is -2.08. The van der Waals surface area contributed by atoms with E-state index in [9.17, 15) is 4.79 Å². The zero-order valence-electron chi connectivity index (χ0n) is 17.2. The second-order valence-electron chi connectivity index (χ2n) is 6.61. The van der Waals surface area contributed by atoms with Crippen LogP contribution in [0.3, 0.4) is 0 Å². The van der Waals surface area contributed by atoms with Gasteiger partial charge in [0.05, 0.1) is 20.4 Å². The van der Waals surface area contributed by atoms with Crippen molar-refractivity contribution in [1.29, 1.82) is 0 Å². The second kappa shape index (κ2) is 10.1. The molecule has 0 fully saturated rings. The average molecular weight is 404 g/mol. The smallest absolute Gasteiger partial charge is 0.271 e. The van der Waals surface area contributed by atoms with Crippen LogP contribution in [0.4, 0.5) is 0 Å². The molecule has 6 heteroatoms. The van der Waals surface area contributed by atoms with E-state index in [4.69, 9.17) is 14.2 Å². The Labute approximate surface area is 176 Å². The number of carbonyl (C=O) groups excluding carboxylic acids is 1. The van der Waals surface area contributed by atoms with Gasteiger partial charge >= 0.3 is 0 Å². The summed E-state index contributed by atoms with van der Waals surface area (Å²) < 4.78 is 16.2. The molecule has 0 spiro atoms. The fourth-order valence-corrected chi connectivity index (χ4v) is 2.70. The van der Waals surface area contributed by atoms with E-state index in [2.05, 4.69) is 10.5 Å². The van der Waals surface area contributed by atoms with Crippen molar-refractivity contribution < 1.29 is 19.0 Å². The van der Waals surface area contributed by atoms with Gasteiger partial charge in [-0.15, -0.1) is 0 Å². The Morgan fingerprint density at radius 2 is 1.63 bits per heavy atom. The van der Waals surface area contributed by atoms with E-state index in [1.165, 1.54) is 11.8 Å². The SMILES string of the molecule is COc1ccc(/C=N\NC(=O)c2ccc(OCc3ccc(C)cc3)cc2)c(OC)c1. The predicted molar refractivity (Wildman–Crippen MR) is 117 cm³/mol. The highest BCUT2D eigenvalue weighted by Gasteiger charge is 2.06. The molecule has 0 aliphatic rings. The quantitative estimate of drug-likeness (QED) is 0.448. The third kappa shape index (κ3) is 5.61. The van der Waals surface area contributed by atoms with Crippen LogP contribution in [-0.4, -0.2) is 26.3 Å². The highest BCUT2D eigenvalue weighted by molar-refractivity contribution is 5.95. The van der Waals surface area contributed by atoms with Gasteiger partial charge in [0.15, 0.2) is 0 Å². The van der Waals surface area contributed by atoms with Crippen molar-refractivity contribution in [3.63, 3.8) is 0 Å². The van der Waals surface area contributed by atoms with Crippen LogP contribution in [-0.2, 0) is 6.61 Å². The van der Waals surface area contributed by atoms with E-state index in [-0.39, 0.29) is 5.91 Å². The van der Waals surface area contributed by atoms with Gasteiger partial charge in [0.1, 0.15) is 23.9 Å². The Hall–Kier alpha value is -3.80. The molecule has 0 aliphatic carbocycles. The minimum atomic E-state index is -0.316. The van der Waals surface area contributed by atoms with Crippen LogP contribution in [0.1, 0.15) is 27.0 Å². The van der Waals surface area contributed by atoms with Crippen molar-refractivity contribution in [2.45, 2.75) is 13.5 Å². The first-order valence-electron chi connectivity index (χ1n) is 9.43. The number of methoxy groups -OCH3 is 2. The lowest BCUT2D eigenvalue weighted by Crippen LogP contribution is -2.17. The van der Waals surface area contributed by atoms with Crippen molar-refractivity contribution in [2.75, 3.05) is 14.2 Å². The Morgan fingerprint density at radius 1 is 0.933 bits per heavy atom. The number of nitrogens with zero attached hydrogens (tertiary/aromatic N) is 1. The van der Waals surface area contributed by atoms with E-state index in [0.717, 1.165) is 11.1 Å². The average Bonchev–Trinajstić information content (AvgIpc) is 2.79. The van der Waals surface area contributed by atoms with Crippen LogP contribution in [0, 0.1) is 6.92 Å². The molecule has 30 heavy (non-hydrogen) atoms. The lowest BCUT2D eigenvalue weighted by molar-refractivity contribution is 0.0955. The predicted octanol–water partition coefficient (Wildman–Crippen LogP) is 4.36. The molecule has 1 N–H and O–H groups in total. The van der Waals surface area contributed by atoms with Gasteiger partial charge in [-0.3, -0.25) is 4.79 Å². The summed E-state index contributed by atoms with van der Waals surface area (Å²) in [6.07, 6.45) is 1.52. The maximum atomic E-state index is 12.3. The van der Waals surface area contributed by atoms with Gasteiger partial charge in [-0.25, -0.2) is 5.43 Å². The van der Waals surface area contributed by atoms with Gasteiger partial charge in [0.25, 0.3) is 5.91 Å². The van der Waals surface area contributed by atoms with E-state index < -0.39 is 0 Å². The molecule has 3 aromatic carbocycles. The van der Waals surface area contributed by atoms with Crippen molar-refractivity contribution in [3.05, 3.63) is 89.0 Å². The number of amides is 1. The van der Waals surface area contributed by atoms with Crippen LogP contribution >= 0.6 is 0 Å². The Bertz CT molecular complexity index is 1010. The van der Waals surface area contributed by atoms with Crippen molar-refractivity contribution >= 4 is 12.1 Å². The van der Waals surface area contributed by atoms with Crippen molar-refractivity contribution in [1.82, 2.24) is 5.43 Å². The molecule has 0 unspecified atom stereocenters. The number of carbonyl (C=O) groups is 1. The molecule has 0 atom stereocenters. The number of hydrogen-bond acceptors (Lipinski definition) is 5. The van der Waals surface area contributed by atoms with E-state index in [1.807, 2.05) is 31.2 Å². The molecule has 3 rings (SSSR count). The Kier molecular flexibility index (Phi) is 7.05. The topological polar surface area (TPSA) is 69.2 Å². The van der Waals surface area contributed by atoms with E-state index in [1.54, 1.807) is 56.7 Å². The molecule has 0 aromatic heterocycles. The zero-order chi connectivity index (χ0) is 21.3. The van der Waals surface area contributed by atoms with Crippen LogP contribution < -0.4 is 19.6 Å². The fourth-order valence-electron chi connectivity index (χ4n) is 2.70. The normalized spacial score (nSPS) is 10.6. The molecule has 1 amide bonds. The zero-order valence-corrected chi connectivity index (χ0v) is 17.2. The third-order valence-corrected chi connectivity index (χ3v) is 4.45. The number of hydrogen-bond donors (Lipinski definition) is 1. The molecule has 0 aliphatic heterocycles. The largest absolute Gasteiger partial charge is 0.497 e. The molecule has 0 radical (unpaired) electrons. The first-order valence-corrected chi connectivity index (χ1v) is 9.43. The maximum absolute atomic E-state index is 12.3. The summed E-state index contributed by atoms with van der Waals surface area (Å²) in [6.45, 7) is 2.52. The molecular formula is C24H24N2O4. The number of nitrogens with one attached hydrogen (secondary N) is 1. The molecule has 154 valence electrons. The van der Waals surface area contributed by atoms with Crippen molar-refractivity contribution in [2.24, 2.45) is 5.10 Å². The molecule has 0 saturated heterocycles. The summed E-state index contributed by atoms with van der Waals surface area (Å²) >= 11 is 0. The first kappa shape index (κ1) is 20.9. The number of aryl methyl sites for hydroxylation is 1. The Morgan fingerprint density at radius 3 is 2.30 bits per heavy atom.